The zero-order valence-corrected chi connectivity index (χ0v) is 15.8. The smallest absolute Gasteiger partial charge is 0.416 e. The van der Waals surface area contributed by atoms with Crippen molar-refractivity contribution in [1.82, 2.24) is 0 Å². The van der Waals surface area contributed by atoms with Gasteiger partial charge in [-0.25, -0.2) is 0 Å². The minimum atomic E-state index is -4.95. The van der Waals surface area contributed by atoms with E-state index in [9.17, 15) is 33.4 Å². The SMILES string of the molecule is COc1ccccc1N1CCN(c2c([N+](=O)[O-])cc(C(F)(F)F)cc2[N+](=O)[O-])CC1. The summed E-state index contributed by atoms with van der Waals surface area (Å²) < 4.78 is 44.6. The highest BCUT2D eigenvalue weighted by Crippen LogP contribution is 2.43. The van der Waals surface area contributed by atoms with Crippen molar-refractivity contribution in [2.24, 2.45) is 0 Å². The van der Waals surface area contributed by atoms with Crippen LogP contribution in [-0.4, -0.2) is 43.1 Å². The summed E-state index contributed by atoms with van der Waals surface area (Å²) in [6, 6.07) is 7.90. The Hall–Kier alpha value is -3.57. The number of halogens is 3. The second-order valence-electron chi connectivity index (χ2n) is 6.52. The maximum atomic E-state index is 13.1. The van der Waals surface area contributed by atoms with Crippen molar-refractivity contribution in [3.63, 3.8) is 0 Å². The molecule has 0 saturated carbocycles. The van der Waals surface area contributed by atoms with Crippen molar-refractivity contribution in [3.8, 4) is 5.75 Å². The van der Waals surface area contributed by atoms with E-state index in [2.05, 4.69) is 0 Å². The van der Waals surface area contributed by atoms with E-state index < -0.39 is 38.6 Å². The zero-order valence-electron chi connectivity index (χ0n) is 15.8. The third-order valence-electron chi connectivity index (χ3n) is 4.81. The summed E-state index contributed by atoms with van der Waals surface area (Å²) in [6.45, 7) is 0.974. The molecule has 3 rings (SSSR count). The Bertz CT molecular complexity index is 940. The predicted molar refractivity (Wildman–Crippen MR) is 102 cm³/mol. The van der Waals surface area contributed by atoms with Crippen molar-refractivity contribution in [1.29, 1.82) is 0 Å². The monoisotopic (exact) mass is 426 g/mol. The lowest BCUT2D eigenvalue weighted by atomic mass is 10.1. The van der Waals surface area contributed by atoms with Gasteiger partial charge in [-0.2, -0.15) is 13.2 Å². The van der Waals surface area contributed by atoms with E-state index in [1.54, 1.807) is 12.1 Å². The molecule has 0 N–H and O–H groups in total. The molecule has 0 amide bonds. The highest BCUT2D eigenvalue weighted by Gasteiger charge is 2.39. The third kappa shape index (κ3) is 4.07. The van der Waals surface area contributed by atoms with Gasteiger partial charge in [-0.1, -0.05) is 12.1 Å². The molecule has 0 radical (unpaired) electrons. The van der Waals surface area contributed by atoms with E-state index in [4.69, 9.17) is 4.74 Å². The number of hydrogen-bond donors (Lipinski definition) is 0. The fourth-order valence-corrected chi connectivity index (χ4v) is 3.43. The highest BCUT2D eigenvalue weighted by molar-refractivity contribution is 5.77. The lowest BCUT2D eigenvalue weighted by molar-refractivity contribution is -0.393. The summed E-state index contributed by atoms with van der Waals surface area (Å²) in [5, 5.41) is 22.9. The molecule has 1 heterocycles. The number of ether oxygens (including phenoxy) is 1. The number of para-hydroxylation sites is 2. The van der Waals surface area contributed by atoms with Crippen LogP contribution in [0.2, 0.25) is 0 Å². The van der Waals surface area contributed by atoms with Gasteiger partial charge >= 0.3 is 6.18 Å². The Morgan fingerprint density at radius 3 is 1.90 bits per heavy atom. The fraction of sp³-hybridized carbons (Fsp3) is 0.333. The number of rotatable bonds is 5. The molecule has 1 aliphatic rings. The van der Waals surface area contributed by atoms with Crippen LogP contribution in [0.3, 0.4) is 0 Å². The van der Waals surface area contributed by atoms with Gasteiger partial charge in [-0.15, -0.1) is 0 Å². The van der Waals surface area contributed by atoms with Gasteiger partial charge in [0.15, 0.2) is 5.69 Å². The minimum absolute atomic E-state index is 0.144. The first-order chi connectivity index (χ1) is 14.1. The Morgan fingerprint density at radius 2 is 1.43 bits per heavy atom. The molecule has 2 aromatic rings. The molecule has 0 atom stereocenters. The molecular formula is C18H17F3N4O5. The number of piperazine rings is 1. The van der Waals surface area contributed by atoms with E-state index in [1.165, 1.54) is 12.0 Å². The Balaban J connectivity index is 1.96. The van der Waals surface area contributed by atoms with Crippen LogP contribution in [0.25, 0.3) is 0 Å². The highest BCUT2D eigenvalue weighted by atomic mass is 19.4. The average Bonchev–Trinajstić information content (AvgIpc) is 2.72. The first-order valence-corrected chi connectivity index (χ1v) is 8.80. The molecule has 0 spiro atoms. The van der Waals surface area contributed by atoms with Gasteiger partial charge in [-0.3, -0.25) is 20.2 Å². The van der Waals surface area contributed by atoms with Crippen molar-refractivity contribution in [3.05, 3.63) is 62.2 Å². The van der Waals surface area contributed by atoms with E-state index in [-0.39, 0.29) is 13.1 Å². The largest absolute Gasteiger partial charge is 0.495 e. The molecule has 0 aromatic heterocycles. The Morgan fingerprint density at radius 1 is 0.933 bits per heavy atom. The molecule has 2 aromatic carbocycles. The van der Waals surface area contributed by atoms with Crippen LogP contribution in [0.4, 0.5) is 35.9 Å². The quantitative estimate of drug-likeness (QED) is 0.528. The number of alkyl halides is 3. The number of anilines is 2. The summed E-state index contributed by atoms with van der Waals surface area (Å²) >= 11 is 0. The van der Waals surface area contributed by atoms with E-state index >= 15 is 0 Å². The van der Waals surface area contributed by atoms with Crippen LogP contribution in [0.5, 0.6) is 5.75 Å². The normalized spacial score (nSPS) is 14.5. The van der Waals surface area contributed by atoms with Crippen LogP contribution in [0.15, 0.2) is 36.4 Å². The van der Waals surface area contributed by atoms with Crippen LogP contribution < -0.4 is 14.5 Å². The number of hydrogen-bond acceptors (Lipinski definition) is 7. The van der Waals surface area contributed by atoms with Crippen LogP contribution in [0, 0.1) is 20.2 Å². The molecule has 1 fully saturated rings. The third-order valence-corrected chi connectivity index (χ3v) is 4.81. The Kier molecular flexibility index (Phi) is 5.67. The number of nitrogens with zero attached hydrogens (tertiary/aromatic N) is 4. The molecule has 0 bridgehead atoms. The van der Waals surface area contributed by atoms with Gasteiger partial charge < -0.3 is 14.5 Å². The maximum Gasteiger partial charge on any atom is 0.416 e. The molecule has 0 aliphatic carbocycles. The lowest BCUT2D eigenvalue weighted by Crippen LogP contribution is -2.47. The van der Waals surface area contributed by atoms with E-state index in [0.29, 0.717) is 31.0 Å². The van der Waals surface area contributed by atoms with Crippen LogP contribution in [0.1, 0.15) is 5.56 Å². The number of benzene rings is 2. The van der Waals surface area contributed by atoms with Crippen molar-refractivity contribution < 1.29 is 27.8 Å². The van der Waals surface area contributed by atoms with Crippen LogP contribution in [-0.2, 0) is 6.18 Å². The zero-order chi connectivity index (χ0) is 22.1. The summed E-state index contributed by atoms with van der Waals surface area (Å²) in [7, 11) is 1.52. The van der Waals surface area contributed by atoms with Crippen LogP contribution >= 0.6 is 0 Å². The lowest BCUT2D eigenvalue weighted by Gasteiger charge is -2.37. The molecule has 160 valence electrons. The maximum absolute atomic E-state index is 13.1. The summed E-state index contributed by atoms with van der Waals surface area (Å²) in [4.78, 5) is 24.2. The first kappa shape index (κ1) is 21.1. The molecule has 9 nitrogen and oxygen atoms in total. The van der Waals surface area contributed by atoms with Crippen molar-refractivity contribution in [2.75, 3.05) is 43.1 Å². The number of nitro groups is 2. The molecule has 12 heteroatoms. The Labute approximate surface area is 168 Å². The summed E-state index contributed by atoms with van der Waals surface area (Å²) in [5.74, 6) is 0.623. The minimum Gasteiger partial charge on any atom is -0.495 e. The van der Waals surface area contributed by atoms with Crippen molar-refractivity contribution >= 4 is 22.7 Å². The molecule has 1 saturated heterocycles. The predicted octanol–water partition coefficient (Wildman–Crippen LogP) is 3.86. The fourth-order valence-electron chi connectivity index (χ4n) is 3.43. The standard InChI is InChI=1S/C18H17F3N4O5/c1-30-16-5-3-2-4-13(16)22-6-8-23(9-7-22)17-14(24(26)27)10-12(18(19,20)21)11-15(17)25(28)29/h2-5,10-11H,6-9H2,1H3. The number of methoxy groups -OCH3 is 1. The molecular weight excluding hydrogens is 409 g/mol. The van der Waals surface area contributed by atoms with E-state index in [0.717, 1.165) is 5.69 Å². The topological polar surface area (TPSA) is 102 Å². The van der Waals surface area contributed by atoms with Gasteiger partial charge in [0.25, 0.3) is 11.4 Å². The summed E-state index contributed by atoms with van der Waals surface area (Å²) in [6.07, 6.45) is -4.95. The second-order valence-corrected chi connectivity index (χ2v) is 6.52. The average molecular weight is 426 g/mol. The van der Waals surface area contributed by atoms with Gasteiger partial charge in [0.1, 0.15) is 5.75 Å². The number of nitro benzene ring substituents is 2. The molecule has 0 unspecified atom stereocenters. The second kappa shape index (κ2) is 8.05. The molecule has 30 heavy (non-hydrogen) atoms. The van der Waals surface area contributed by atoms with E-state index in [1.807, 2.05) is 17.0 Å². The van der Waals surface area contributed by atoms with Crippen molar-refractivity contribution in [2.45, 2.75) is 6.18 Å². The van der Waals surface area contributed by atoms with Gasteiger partial charge in [-0.05, 0) is 12.1 Å². The first-order valence-electron chi connectivity index (χ1n) is 8.80. The molecule has 1 aliphatic heterocycles. The van der Waals surface area contributed by atoms with Gasteiger partial charge in [0, 0.05) is 38.3 Å². The van der Waals surface area contributed by atoms with Gasteiger partial charge in [0.2, 0.25) is 0 Å². The summed E-state index contributed by atoms with van der Waals surface area (Å²) in [5.41, 5.74) is -2.95. The van der Waals surface area contributed by atoms with Gasteiger partial charge in [0.05, 0.1) is 28.2 Å².